The van der Waals surface area contributed by atoms with Crippen molar-refractivity contribution in [2.24, 2.45) is 0 Å². The van der Waals surface area contributed by atoms with Crippen LogP contribution >= 0.6 is 0 Å². The number of aryl methyl sites for hydroxylation is 1. The highest BCUT2D eigenvalue weighted by atomic mass is 16.3. The van der Waals surface area contributed by atoms with E-state index in [4.69, 9.17) is 0 Å². The highest BCUT2D eigenvalue weighted by Gasteiger charge is 2.20. The van der Waals surface area contributed by atoms with Gasteiger partial charge in [-0.3, -0.25) is 4.79 Å². The van der Waals surface area contributed by atoms with Crippen molar-refractivity contribution >= 4 is 28.2 Å². The van der Waals surface area contributed by atoms with E-state index in [1.54, 1.807) is 6.07 Å². The first-order chi connectivity index (χ1) is 14.4. The molecule has 1 fully saturated rings. The van der Waals surface area contributed by atoms with E-state index in [1.165, 1.54) is 0 Å². The number of aromatic hydroxyl groups is 1. The van der Waals surface area contributed by atoms with Gasteiger partial charge in [0.1, 0.15) is 0 Å². The summed E-state index contributed by atoms with van der Waals surface area (Å²) in [6.07, 6.45) is 2.31. The van der Waals surface area contributed by atoms with Crippen LogP contribution in [0.4, 0.5) is 11.4 Å². The van der Waals surface area contributed by atoms with Gasteiger partial charge in [0, 0.05) is 42.5 Å². The number of benzene rings is 2. The monoisotopic (exact) mass is 404 g/mol. The molecule has 0 unspecified atom stereocenters. The standard InChI is InChI=1S/C24H28N4O2/c1-16-12-23(29)26-21-8-7-18(14-19(16)21)25-24(30)20-13-17(15-27(2)3)6-9-22(20)28-10-4-5-11-28/h6-9,12-14H,4-5,10-11,15H2,1-3H3,(H,25,30)(H,26,29). The maximum absolute atomic E-state index is 13.3. The van der Waals surface area contributed by atoms with Gasteiger partial charge in [-0.25, -0.2) is 4.98 Å². The van der Waals surface area contributed by atoms with Gasteiger partial charge < -0.3 is 20.2 Å². The van der Waals surface area contributed by atoms with E-state index >= 15 is 0 Å². The number of amides is 1. The van der Waals surface area contributed by atoms with E-state index in [0.717, 1.165) is 54.7 Å². The highest BCUT2D eigenvalue weighted by Crippen LogP contribution is 2.28. The minimum absolute atomic E-state index is 0.00440. The third-order valence-corrected chi connectivity index (χ3v) is 5.51. The molecule has 1 aromatic heterocycles. The van der Waals surface area contributed by atoms with Gasteiger partial charge in [-0.05, 0) is 75.3 Å². The van der Waals surface area contributed by atoms with Crippen molar-refractivity contribution in [1.29, 1.82) is 0 Å². The first-order valence-corrected chi connectivity index (χ1v) is 10.3. The van der Waals surface area contributed by atoms with Crippen LogP contribution in [-0.4, -0.2) is 48.1 Å². The molecular formula is C24H28N4O2. The molecule has 0 bridgehead atoms. The Labute approximate surface area is 177 Å². The van der Waals surface area contributed by atoms with E-state index in [2.05, 4.69) is 32.2 Å². The van der Waals surface area contributed by atoms with Crippen LogP contribution in [0.2, 0.25) is 0 Å². The molecule has 4 rings (SSSR count). The zero-order chi connectivity index (χ0) is 21.3. The fourth-order valence-electron chi connectivity index (χ4n) is 4.12. The Morgan fingerprint density at radius 1 is 1.13 bits per heavy atom. The second-order valence-electron chi connectivity index (χ2n) is 8.27. The van der Waals surface area contributed by atoms with Crippen molar-refractivity contribution in [3.05, 3.63) is 59.2 Å². The third kappa shape index (κ3) is 4.24. The normalized spacial score (nSPS) is 13.9. The summed E-state index contributed by atoms with van der Waals surface area (Å²) in [6.45, 7) is 4.67. The molecule has 0 spiro atoms. The van der Waals surface area contributed by atoms with E-state index < -0.39 is 0 Å². The van der Waals surface area contributed by atoms with Crippen LogP contribution < -0.4 is 10.2 Å². The smallest absolute Gasteiger partial charge is 0.257 e. The summed E-state index contributed by atoms with van der Waals surface area (Å²) in [7, 11) is 4.05. The molecule has 2 aromatic carbocycles. The number of hydrogen-bond donors (Lipinski definition) is 2. The molecule has 6 heteroatoms. The lowest BCUT2D eigenvalue weighted by molar-refractivity contribution is 0.102. The summed E-state index contributed by atoms with van der Waals surface area (Å²) in [5.74, 6) is -0.106. The molecule has 1 aliphatic heterocycles. The lowest BCUT2D eigenvalue weighted by Gasteiger charge is -2.22. The predicted molar refractivity (Wildman–Crippen MR) is 121 cm³/mol. The van der Waals surface area contributed by atoms with Crippen LogP contribution in [0.1, 0.15) is 34.3 Å². The number of carbonyl (C=O) groups excluding carboxylic acids is 1. The Hall–Kier alpha value is -3.12. The summed E-state index contributed by atoms with van der Waals surface area (Å²) < 4.78 is 0. The number of nitrogens with one attached hydrogen (secondary N) is 1. The second-order valence-corrected chi connectivity index (χ2v) is 8.27. The van der Waals surface area contributed by atoms with Gasteiger partial charge in [-0.15, -0.1) is 0 Å². The fourth-order valence-corrected chi connectivity index (χ4v) is 4.12. The molecule has 1 amide bonds. The SMILES string of the molecule is Cc1cc(O)nc2ccc(NC(=O)c3cc(CN(C)C)ccc3N3CCCC3)cc12. The third-order valence-electron chi connectivity index (χ3n) is 5.51. The molecule has 0 atom stereocenters. The number of hydrogen-bond acceptors (Lipinski definition) is 5. The van der Waals surface area contributed by atoms with Crippen LogP contribution in [0.5, 0.6) is 5.88 Å². The Bertz CT molecular complexity index is 1090. The number of aromatic nitrogens is 1. The zero-order valence-corrected chi connectivity index (χ0v) is 17.8. The van der Waals surface area contributed by atoms with Crippen LogP contribution in [0.3, 0.4) is 0 Å². The maximum Gasteiger partial charge on any atom is 0.257 e. The van der Waals surface area contributed by atoms with Gasteiger partial charge in [-0.2, -0.15) is 0 Å². The minimum atomic E-state index is -0.110. The first kappa shape index (κ1) is 20.2. The predicted octanol–water partition coefficient (Wildman–Crippen LogP) is 4.16. The summed E-state index contributed by atoms with van der Waals surface area (Å²) in [5, 5.41) is 13.7. The van der Waals surface area contributed by atoms with Gasteiger partial charge in [0.2, 0.25) is 5.88 Å². The van der Waals surface area contributed by atoms with Crippen LogP contribution in [0.15, 0.2) is 42.5 Å². The lowest BCUT2D eigenvalue weighted by Crippen LogP contribution is -2.23. The van der Waals surface area contributed by atoms with Crippen molar-refractivity contribution in [1.82, 2.24) is 9.88 Å². The van der Waals surface area contributed by atoms with E-state index in [1.807, 2.05) is 45.3 Å². The van der Waals surface area contributed by atoms with E-state index in [-0.39, 0.29) is 11.8 Å². The summed E-state index contributed by atoms with van der Waals surface area (Å²) in [6, 6.07) is 13.4. The molecule has 0 saturated carbocycles. The molecule has 1 saturated heterocycles. The number of fused-ring (bicyclic) bond motifs is 1. The topological polar surface area (TPSA) is 68.7 Å². The molecule has 1 aliphatic rings. The van der Waals surface area contributed by atoms with Gasteiger partial charge in [0.25, 0.3) is 5.91 Å². The Balaban J connectivity index is 1.67. The van der Waals surface area contributed by atoms with E-state index in [9.17, 15) is 9.90 Å². The highest BCUT2D eigenvalue weighted by molar-refractivity contribution is 6.09. The van der Waals surface area contributed by atoms with Crippen molar-refractivity contribution in [3.63, 3.8) is 0 Å². The largest absolute Gasteiger partial charge is 0.493 e. The summed E-state index contributed by atoms with van der Waals surface area (Å²) in [5.41, 5.74) is 5.15. The number of carbonyl (C=O) groups is 1. The minimum Gasteiger partial charge on any atom is -0.493 e. The molecule has 30 heavy (non-hydrogen) atoms. The molecule has 3 aromatic rings. The average Bonchev–Trinajstić information content (AvgIpc) is 3.22. The first-order valence-electron chi connectivity index (χ1n) is 10.3. The molecule has 2 N–H and O–H groups in total. The number of rotatable bonds is 5. The quantitative estimate of drug-likeness (QED) is 0.668. The van der Waals surface area contributed by atoms with Crippen LogP contribution in [-0.2, 0) is 6.54 Å². The number of pyridine rings is 1. The Morgan fingerprint density at radius 2 is 1.90 bits per heavy atom. The molecule has 2 heterocycles. The van der Waals surface area contributed by atoms with Crippen LogP contribution in [0.25, 0.3) is 10.9 Å². The zero-order valence-electron chi connectivity index (χ0n) is 17.8. The van der Waals surface area contributed by atoms with Gasteiger partial charge in [0.05, 0.1) is 11.1 Å². The van der Waals surface area contributed by atoms with Gasteiger partial charge in [0.15, 0.2) is 0 Å². The summed E-state index contributed by atoms with van der Waals surface area (Å²) >= 11 is 0. The Kier molecular flexibility index (Phi) is 5.59. The number of anilines is 2. The van der Waals surface area contributed by atoms with Crippen molar-refractivity contribution < 1.29 is 9.90 Å². The molecule has 0 radical (unpaired) electrons. The van der Waals surface area contributed by atoms with E-state index in [0.29, 0.717) is 16.8 Å². The average molecular weight is 405 g/mol. The van der Waals surface area contributed by atoms with Crippen molar-refractivity contribution in [2.75, 3.05) is 37.4 Å². The molecule has 6 nitrogen and oxygen atoms in total. The van der Waals surface area contributed by atoms with Gasteiger partial charge >= 0.3 is 0 Å². The van der Waals surface area contributed by atoms with Crippen molar-refractivity contribution in [3.8, 4) is 5.88 Å². The molecule has 0 aliphatic carbocycles. The fraction of sp³-hybridized carbons (Fsp3) is 0.333. The van der Waals surface area contributed by atoms with Gasteiger partial charge in [-0.1, -0.05) is 6.07 Å². The molecular weight excluding hydrogens is 376 g/mol. The second kappa shape index (κ2) is 8.32. The van der Waals surface area contributed by atoms with Crippen molar-refractivity contribution in [2.45, 2.75) is 26.3 Å². The lowest BCUT2D eigenvalue weighted by atomic mass is 10.1. The number of nitrogens with zero attached hydrogens (tertiary/aromatic N) is 3. The Morgan fingerprint density at radius 3 is 2.63 bits per heavy atom. The molecule has 156 valence electrons. The van der Waals surface area contributed by atoms with Crippen LogP contribution in [0, 0.1) is 6.92 Å². The maximum atomic E-state index is 13.3. The summed E-state index contributed by atoms with van der Waals surface area (Å²) in [4.78, 5) is 21.8.